The Morgan fingerprint density at radius 2 is 1.76 bits per heavy atom. The first kappa shape index (κ1) is 27.6. The van der Waals surface area contributed by atoms with Gasteiger partial charge in [0.05, 0.1) is 29.1 Å². The number of anilines is 1. The highest BCUT2D eigenvalue weighted by Gasteiger charge is 2.68. The number of fused-ring (bicyclic) bond motifs is 2. The molecule has 2 aliphatic heterocycles. The number of aromatic nitrogens is 1. The molecule has 1 N–H and O–H groups in total. The van der Waals surface area contributed by atoms with Crippen LogP contribution in [-0.4, -0.2) is 67.4 Å². The first-order valence-electron chi connectivity index (χ1n) is 13.5. The number of likely N-dealkylation sites (tertiary alicyclic amines) is 2. The van der Waals surface area contributed by atoms with Gasteiger partial charge in [-0.15, -0.1) is 0 Å². The number of halogens is 3. The summed E-state index contributed by atoms with van der Waals surface area (Å²) in [6, 6.07) is 6.98. The van der Waals surface area contributed by atoms with Crippen LogP contribution in [0.5, 0.6) is 0 Å². The summed E-state index contributed by atoms with van der Waals surface area (Å²) in [7, 11) is -2.11. The predicted octanol–water partition coefficient (Wildman–Crippen LogP) is 4.20. The van der Waals surface area contributed by atoms with Gasteiger partial charge < -0.3 is 19.7 Å². The highest BCUT2D eigenvalue weighted by atomic mass is 32.2. The summed E-state index contributed by atoms with van der Waals surface area (Å²) in [4.78, 5) is 29.3. The zero-order valence-corrected chi connectivity index (χ0v) is 23.9. The summed E-state index contributed by atoms with van der Waals surface area (Å²) in [6.45, 7) is 5.04. The number of hydrogen-bond acceptors (Lipinski definition) is 5. The van der Waals surface area contributed by atoms with E-state index in [-0.39, 0.29) is 57.9 Å². The standard InChI is InChI=1S/C29H31F3N4O4S/c1-15(33-23-6-5-16(30)9-25(23)41(4,39)40)19-7-17(31)8-21-20(19)10-24(34(3)27(21)37)26-22-13-36(14-29(22,26)2)28(38)35-11-18(32)12-35/h5-10,15,18,22,26,33H,11-14H2,1-4H3/t15-,22+,26-,29+/m1/s1. The van der Waals surface area contributed by atoms with Crippen LogP contribution in [0.1, 0.15) is 37.1 Å². The Hall–Kier alpha value is -3.54. The topological polar surface area (TPSA) is 91.7 Å². The molecule has 4 atom stereocenters. The van der Waals surface area contributed by atoms with E-state index in [1.807, 2.05) is 6.07 Å². The molecule has 8 nitrogen and oxygen atoms in total. The van der Waals surface area contributed by atoms with Crippen LogP contribution in [0.15, 0.2) is 46.1 Å². The molecule has 12 heteroatoms. The van der Waals surface area contributed by atoms with Gasteiger partial charge in [0.1, 0.15) is 17.8 Å². The van der Waals surface area contributed by atoms with Gasteiger partial charge in [0.25, 0.3) is 5.56 Å². The molecule has 0 radical (unpaired) electrons. The second-order valence-electron chi connectivity index (χ2n) is 11.9. The number of hydrogen-bond donors (Lipinski definition) is 1. The van der Waals surface area contributed by atoms with Crippen molar-refractivity contribution in [1.29, 1.82) is 0 Å². The normalized spacial score (nSPS) is 24.8. The summed E-state index contributed by atoms with van der Waals surface area (Å²) in [5.74, 6) is -1.20. The van der Waals surface area contributed by atoms with Gasteiger partial charge in [-0.25, -0.2) is 26.4 Å². The molecule has 0 spiro atoms. The molecule has 0 bridgehead atoms. The predicted molar refractivity (Wildman–Crippen MR) is 148 cm³/mol. The molecule has 2 aromatic carbocycles. The summed E-state index contributed by atoms with van der Waals surface area (Å²) >= 11 is 0. The number of benzene rings is 2. The Labute approximate surface area is 235 Å². The van der Waals surface area contributed by atoms with Crippen molar-refractivity contribution in [3.05, 3.63) is 69.6 Å². The number of carbonyl (C=O) groups excluding carboxylic acids is 1. The Balaban J connectivity index is 1.34. The van der Waals surface area contributed by atoms with E-state index in [1.165, 1.54) is 27.7 Å². The lowest BCUT2D eigenvalue weighted by Crippen LogP contribution is -2.56. The maximum absolute atomic E-state index is 14.8. The van der Waals surface area contributed by atoms with Crippen LogP contribution in [0.4, 0.5) is 23.7 Å². The maximum Gasteiger partial charge on any atom is 0.320 e. The molecule has 1 aliphatic carbocycles. The molecule has 2 saturated heterocycles. The lowest BCUT2D eigenvalue weighted by Gasteiger charge is -2.38. The molecule has 1 aromatic heterocycles. The number of nitrogens with zero attached hydrogens (tertiary/aromatic N) is 3. The van der Waals surface area contributed by atoms with Crippen molar-refractivity contribution < 1.29 is 26.4 Å². The number of pyridine rings is 1. The second kappa shape index (κ2) is 9.23. The zero-order valence-electron chi connectivity index (χ0n) is 23.1. The van der Waals surface area contributed by atoms with E-state index in [0.717, 1.165) is 24.1 Å². The second-order valence-corrected chi connectivity index (χ2v) is 13.9. The molecule has 3 aromatic rings. The monoisotopic (exact) mass is 588 g/mol. The average Bonchev–Trinajstić information content (AvgIpc) is 3.27. The summed E-state index contributed by atoms with van der Waals surface area (Å²) < 4.78 is 68.1. The fraction of sp³-hybridized carbons (Fsp3) is 0.448. The molecule has 0 unspecified atom stereocenters. The Morgan fingerprint density at radius 3 is 2.37 bits per heavy atom. The minimum atomic E-state index is -3.77. The van der Waals surface area contributed by atoms with Gasteiger partial charge in [0.15, 0.2) is 9.84 Å². The number of nitrogens with one attached hydrogen (secondary N) is 1. The van der Waals surface area contributed by atoms with Crippen LogP contribution in [0.2, 0.25) is 0 Å². The Morgan fingerprint density at radius 1 is 1.05 bits per heavy atom. The number of sulfone groups is 1. The summed E-state index contributed by atoms with van der Waals surface area (Å²) in [5, 5.41) is 3.79. The number of alkyl halides is 1. The van der Waals surface area contributed by atoms with E-state index < -0.39 is 33.7 Å². The highest BCUT2D eigenvalue weighted by Crippen LogP contribution is 2.68. The largest absolute Gasteiger partial charge is 0.377 e. The van der Waals surface area contributed by atoms with Gasteiger partial charge in [-0.05, 0) is 65.6 Å². The Kier molecular flexibility index (Phi) is 6.22. The lowest BCUT2D eigenvalue weighted by atomic mass is 9.96. The molecule has 2 amide bonds. The first-order chi connectivity index (χ1) is 19.2. The fourth-order valence-electron chi connectivity index (χ4n) is 6.78. The first-order valence-corrected chi connectivity index (χ1v) is 15.4. The third-order valence-corrected chi connectivity index (χ3v) is 10.2. The molecule has 218 valence electrons. The maximum atomic E-state index is 14.8. The average molecular weight is 589 g/mol. The van der Waals surface area contributed by atoms with Gasteiger partial charge in [-0.2, -0.15) is 0 Å². The van der Waals surface area contributed by atoms with Crippen molar-refractivity contribution in [2.24, 2.45) is 18.4 Å². The molecule has 1 saturated carbocycles. The minimum absolute atomic E-state index is 0.00549. The van der Waals surface area contributed by atoms with E-state index in [1.54, 1.807) is 18.9 Å². The van der Waals surface area contributed by atoms with Gasteiger partial charge in [0, 0.05) is 44.0 Å². The number of amides is 2. The Bertz CT molecular complexity index is 1770. The van der Waals surface area contributed by atoms with Crippen molar-refractivity contribution >= 4 is 32.3 Å². The number of carbonyl (C=O) groups is 1. The van der Waals surface area contributed by atoms with Crippen LogP contribution in [0, 0.1) is 23.0 Å². The third kappa shape index (κ3) is 4.47. The van der Waals surface area contributed by atoms with Crippen molar-refractivity contribution in [2.75, 3.05) is 37.8 Å². The van der Waals surface area contributed by atoms with Crippen LogP contribution in [0.3, 0.4) is 0 Å². The van der Waals surface area contributed by atoms with Crippen molar-refractivity contribution in [2.45, 2.75) is 36.9 Å². The molecule has 3 aliphatic rings. The van der Waals surface area contributed by atoms with E-state index >= 15 is 0 Å². The SMILES string of the molecule is C[C@@H](Nc1ccc(F)cc1S(C)(=O)=O)c1cc(F)cc2c(=O)n(C)c([C@H]3[C@@H]4CN(C(=O)N5CC(F)C5)C[C@@]43C)cc12. The van der Waals surface area contributed by atoms with E-state index in [0.29, 0.717) is 24.0 Å². The molecular formula is C29H31F3N4O4S. The third-order valence-electron chi connectivity index (χ3n) is 9.07. The fourth-order valence-corrected chi connectivity index (χ4v) is 7.64. The lowest BCUT2D eigenvalue weighted by molar-refractivity contribution is 0.0686. The number of urea groups is 1. The molecule has 6 rings (SSSR count). The smallest absolute Gasteiger partial charge is 0.320 e. The van der Waals surface area contributed by atoms with Crippen molar-refractivity contribution in [3.63, 3.8) is 0 Å². The van der Waals surface area contributed by atoms with E-state index in [4.69, 9.17) is 0 Å². The van der Waals surface area contributed by atoms with Crippen molar-refractivity contribution in [1.82, 2.24) is 14.4 Å². The van der Waals surface area contributed by atoms with E-state index in [9.17, 15) is 31.2 Å². The van der Waals surface area contributed by atoms with Crippen LogP contribution in [0.25, 0.3) is 10.8 Å². The molecule has 3 fully saturated rings. The van der Waals surface area contributed by atoms with Gasteiger partial charge in [-0.3, -0.25) is 4.79 Å². The van der Waals surface area contributed by atoms with Crippen LogP contribution >= 0.6 is 0 Å². The molecule has 41 heavy (non-hydrogen) atoms. The van der Waals surface area contributed by atoms with Crippen molar-refractivity contribution in [3.8, 4) is 0 Å². The van der Waals surface area contributed by atoms with Crippen LogP contribution in [-0.2, 0) is 16.9 Å². The summed E-state index contributed by atoms with van der Waals surface area (Å²) in [5.41, 5.74) is 0.775. The van der Waals surface area contributed by atoms with Crippen LogP contribution < -0.4 is 10.9 Å². The van der Waals surface area contributed by atoms with Gasteiger partial charge in [-0.1, -0.05) is 6.92 Å². The number of piperidine rings is 1. The number of rotatable bonds is 5. The quantitative estimate of drug-likeness (QED) is 0.483. The highest BCUT2D eigenvalue weighted by molar-refractivity contribution is 7.90. The minimum Gasteiger partial charge on any atom is -0.377 e. The molecular weight excluding hydrogens is 557 g/mol. The van der Waals surface area contributed by atoms with E-state index in [2.05, 4.69) is 12.2 Å². The molecule has 3 heterocycles. The van der Waals surface area contributed by atoms with Gasteiger partial charge in [0.2, 0.25) is 0 Å². The summed E-state index contributed by atoms with van der Waals surface area (Å²) in [6.07, 6.45) is 0.0115. The zero-order chi connectivity index (χ0) is 29.6. The van der Waals surface area contributed by atoms with Gasteiger partial charge >= 0.3 is 6.03 Å².